The van der Waals surface area contributed by atoms with Gasteiger partial charge in [0.05, 0.1) is 18.8 Å². The molecule has 1 aromatic carbocycles. The van der Waals surface area contributed by atoms with E-state index in [0.29, 0.717) is 16.6 Å². The predicted molar refractivity (Wildman–Crippen MR) is 83.6 cm³/mol. The van der Waals surface area contributed by atoms with Gasteiger partial charge >= 0.3 is 0 Å². The molecule has 2 N–H and O–H groups in total. The monoisotopic (exact) mass is 356 g/mol. The third-order valence-electron chi connectivity index (χ3n) is 2.88. The number of benzene rings is 1. The van der Waals surface area contributed by atoms with Crippen LogP contribution in [0.4, 0.5) is 5.69 Å². The van der Waals surface area contributed by atoms with Crippen molar-refractivity contribution < 1.29 is 9.84 Å². The largest absolute Gasteiger partial charge is 0.507 e. The molecule has 2 rings (SSSR count). The normalized spacial score (nSPS) is 12.0. The number of ether oxygens (including phenoxy) is 1. The van der Waals surface area contributed by atoms with E-state index in [0.717, 1.165) is 10.0 Å². The number of methoxy groups -OCH3 is 1. The zero-order chi connectivity index (χ0) is 14.7. The van der Waals surface area contributed by atoms with Gasteiger partial charge in [-0.1, -0.05) is 11.6 Å². The van der Waals surface area contributed by atoms with Gasteiger partial charge in [-0.05, 0) is 41.1 Å². The second-order valence-corrected chi connectivity index (χ2v) is 5.56. The zero-order valence-corrected chi connectivity index (χ0v) is 13.4. The highest BCUT2D eigenvalue weighted by atomic mass is 79.9. The lowest BCUT2D eigenvalue weighted by atomic mass is 10.1. The van der Waals surface area contributed by atoms with Crippen molar-refractivity contribution in [3.05, 3.63) is 45.7 Å². The second kappa shape index (κ2) is 6.33. The first kappa shape index (κ1) is 14.9. The molecule has 0 aliphatic rings. The van der Waals surface area contributed by atoms with Crippen molar-refractivity contribution in [1.82, 2.24) is 4.98 Å². The van der Waals surface area contributed by atoms with Crippen LogP contribution in [-0.4, -0.2) is 17.2 Å². The Morgan fingerprint density at radius 3 is 2.80 bits per heavy atom. The highest BCUT2D eigenvalue weighted by Gasteiger charge is 2.13. The molecule has 6 heteroatoms. The molecule has 0 radical (unpaired) electrons. The van der Waals surface area contributed by atoms with Crippen LogP contribution in [-0.2, 0) is 0 Å². The van der Waals surface area contributed by atoms with Crippen LogP contribution in [0, 0.1) is 0 Å². The standard InChI is InChI=1S/C14H14BrClN2O2/c1-8(11-4-3-10(20-2)6-13(11)19)18-12-5-9(15)7-17-14(12)16/h3-8,18-19H,1-2H3. The Morgan fingerprint density at radius 1 is 1.40 bits per heavy atom. The third kappa shape index (κ3) is 3.35. The zero-order valence-electron chi connectivity index (χ0n) is 11.0. The van der Waals surface area contributed by atoms with Gasteiger partial charge in [-0.15, -0.1) is 0 Å². The highest BCUT2D eigenvalue weighted by Crippen LogP contribution is 2.32. The van der Waals surface area contributed by atoms with Crippen molar-refractivity contribution in [2.75, 3.05) is 12.4 Å². The molecule has 0 saturated carbocycles. The molecular formula is C14H14BrClN2O2. The predicted octanol–water partition coefficient (Wildman–Crippen LogP) is 4.38. The highest BCUT2D eigenvalue weighted by molar-refractivity contribution is 9.10. The number of phenolic OH excluding ortho intramolecular Hbond substituents is 1. The summed E-state index contributed by atoms with van der Waals surface area (Å²) in [4.78, 5) is 4.05. The summed E-state index contributed by atoms with van der Waals surface area (Å²) in [5.41, 5.74) is 1.45. The summed E-state index contributed by atoms with van der Waals surface area (Å²) in [6, 6.07) is 6.90. The number of hydrogen-bond acceptors (Lipinski definition) is 4. The number of rotatable bonds is 4. The molecule has 20 heavy (non-hydrogen) atoms. The Morgan fingerprint density at radius 2 is 2.15 bits per heavy atom. The Balaban J connectivity index is 2.23. The quantitative estimate of drug-likeness (QED) is 0.797. The summed E-state index contributed by atoms with van der Waals surface area (Å²) in [6.07, 6.45) is 1.63. The molecule has 1 heterocycles. The molecule has 106 valence electrons. The molecule has 0 aliphatic carbocycles. The van der Waals surface area contributed by atoms with Crippen molar-refractivity contribution in [2.24, 2.45) is 0 Å². The summed E-state index contributed by atoms with van der Waals surface area (Å²) < 4.78 is 5.89. The number of nitrogens with zero attached hydrogens (tertiary/aromatic N) is 1. The second-order valence-electron chi connectivity index (χ2n) is 4.28. The fraction of sp³-hybridized carbons (Fsp3) is 0.214. The maximum absolute atomic E-state index is 10.0. The van der Waals surface area contributed by atoms with Crippen LogP contribution in [0.15, 0.2) is 34.9 Å². The van der Waals surface area contributed by atoms with Crippen LogP contribution in [0.1, 0.15) is 18.5 Å². The first-order valence-electron chi connectivity index (χ1n) is 5.95. The lowest BCUT2D eigenvalue weighted by Crippen LogP contribution is -2.07. The maximum Gasteiger partial charge on any atom is 0.152 e. The van der Waals surface area contributed by atoms with E-state index >= 15 is 0 Å². The number of halogens is 2. The van der Waals surface area contributed by atoms with E-state index < -0.39 is 0 Å². The molecule has 0 spiro atoms. The lowest BCUT2D eigenvalue weighted by Gasteiger charge is -2.18. The lowest BCUT2D eigenvalue weighted by molar-refractivity contribution is 0.406. The van der Waals surface area contributed by atoms with Gasteiger partial charge < -0.3 is 15.2 Å². The summed E-state index contributed by atoms with van der Waals surface area (Å²) in [5, 5.41) is 13.6. The molecule has 4 nitrogen and oxygen atoms in total. The SMILES string of the molecule is COc1ccc(C(C)Nc2cc(Br)cnc2Cl)c(O)c1. The minimum atomic E-state index is -0.130. The minimum Gasteiger partial charge on any atom is -0.507 e. The van der Waals surface area contributed by atoms with Crippen molar-refractivity contribution in [1.29, 1.82) is 0 Å². The number of pyridine rings is 1. The van der Waals surface area contributed by atoms with Gasteiger partial charge in [-0.25, -0.2) is 4.98 Å². The molecule has 0 fully saturated rings. The Hall–Kier alpha value is -1.46. The first-order chi connectivity index (χ1) is 9.51. The molecule has 1 aromatic heterocycles. The summed E-state index contributed by atoms with van der Waals surface area (Å²) >= 11 is 9.39. The van der Waals surface area contributed by atoms with Crippen LogP contribution in [0.2, 0.25) is 5.15 Å². The fourth-order valence-corrected chi connectivity index (χ4v) is 2.34. The molecular weight excluding hydrogens is 344 g/mol. The fourth-order valence-electron chi connectivity index (χ4n) is 1.85. The number of hydrogen-bond donors (Lipinski definition) is 2. The smallest absolute Gasteiger partial charge is 0.152 e. The topological polar surface area (TPSA) is 54.4 Å². The van der Waals surface area contributed by atoms with Crippen LogP contribution >= 0.6 is 27.5 Å². The van der Waals surface area contributed by atoms with E-state index in [1.54, 1.807) is 25.4 Å². The van der Waals surface area contributed by atoms with Crippen LogP contribution in [0.3, 0.4) is 0 Å². The molecule has 0 saturated heterocycles. The van der Waals surface area contributed by atoms with Gasteiger partial charge in [-0.3, -0.25) is 0 Å². The summed E-state index contributed by atoms with van der Waals surface area (Å²) in [5.74, 6) is 0.782. The molecule has 1 atom stereocenters. The maximum atomic E-state index is 10.0. The number of phenols is 1. The van der Waals surface area contributed by atoms with Crippen LogP contribution in [0.5, 0.6) is 11.5 Å². The van der Waals surface area contributed by atoms with Gasteiger partial charge in [-0.2, -0.15) is 0 Å². The molecule has 0 aliphatic heterocycles. The number of anilines is 1. The molecule has 0 amide bonds. The van der Waals surface area contributed by atoms with E-state index in [9.17, 15) is 5.11 Å². The van der Waals surface area contributed by atoms with Crippen molar-refractivity contribution >= 4 is 33.2 Å². The van der Waals surface area contributed by atoms with E-state index in [2.05, 4.69) is 26.2 Å². The Bertz CT molecular complexity index is 622. The minimum absolute atomic E-state index is 0.130. The van der Waals surface area contributed by atoms with E-state index in [1.165, 1.54) is 0 Å². The van der Waals surface area contributed by atoms with Crippen LogP contribution in [0.25, 0.3) is 0 Å². The number of aromatic hydroxyl groups is 1. The van der Waals surface area contributed by atoms with Crippen LogP contribution < -0.4 is 10.1 Å². The molecule has 2 aromatic rings. The van der Waals surface area contributed by atoms with Gasteiger partial charge in [0.2, 0.25) is 0 Å². The van der Waals surface area contributed by atoms with Gasteiger partial charge in [0, 0.05) is 22.3 Å². The van der Waals surface area contributed by atoms with Gasteiger partial charge in [0.15, 0.2) is 5.15 Å². The number of nitrogens with one attached hydrogen (secondary N) is 1. The average molecular weight is 358 g/mol. The Labute approximate surface area is 130 Å². The van der Waals surface area contributed by atoms with E-state index in [4.69, 9.17) is 16.3 Å². The number of aromatic nitrogens is 1. The van der Waals surface area contributed by atoms with Crippen molar-refractivity contribution in [2.45, 2.75) is 13.0 Å². The van der Waals surface area contributed by atoms with E-state index in [1.807, 2.05) is 19.1 Å². The molecule has 1 unspecified atom stereocenters. The van der Waals surface area contributed by atoms with Gasteiger partial charge in [0.1, 0.15) is 11.5 Å². The summed E-state index contributed by atoms with van der Waals surface area (Å²) in [7, 11) is 1.56. The van der Waals surface area contributed by atoms with Gasteiger partial charge in [0.25, 0.3) is 0 Å². The third-order valence-corrected chi connectivity index (χ3v) is 3.62. The average Bonchev–Trinajstić information content (AvgIpc) is 2.42. The van der Waals surface area contributed by atoms with Crippen molar-refractivity contribution in [3.63, 3.8) is 0 Å². The van der Waals surface area contributed by atoms with E-state index in [-0.39, 0.29) is 11.8 Å². The Kier molecular flexibility index (Phi) is 4.73. The first-order valence-corrected chi connectivity index (χ1v) is 7.13. The molecule has 0 bridgehead atoms. The van der Waals surface area contributed by atoms with Crippen molar-refractivity contribution in [3.8, 4) is 11.5 Å². The summed E-state index contributed by atoms with van der Waals surface area (Å²) in [6.45, 7) is 1.93.